The molecule has 7 heteroatoms. The van der Waals surface area contributed by atoms with E-state index in [0.717, 1.165) is 23.1 Å². The fraction of sp³-hybridized carbons (Fsp3) is 0.429. The maximum Gasteiger partial charge on any atom is 0.259 e. The minimum Gasteiger partial charge on any atom is -0.308 e. The summed E-state index contributed by atoms with van der Waals surface area (Å²) in [6, 6.07) is 0. The highest BCUT2D eigenvalue weighted by Crippen LogP contribution is 2.32. The third-order valence-electron chi connectivity index (χ3n) is 3.90. The lowest BCUT2D eigenvalue weighted by molar-refractivity contribution is 0.654. The summed E-state index contributed by atoms with van der Waals surface area (Å²) in [6.07, 6.45) is 8.80. The lowest BCUT2D eigenvalue weighted by Crippen LogP contribution is -2.14. The van der Waals surface area contributed by atoms with Crippen molar-refractivity contribution >= 4 is 21.6 Å². The van der Waals surface area contributed by atoms with Gasteiger partial charge in [-0.2, -0.15) is 5.10 Å². The van der Waals surface area contributed by atoms with Crippen LogP contribution in [0.5, 0.6) is 0 Å². The van der Waals surface area contributed by atoms with Gasteiger partial charge in [0.15, 0.2) is 0 Å². The predicted octanol–water partition coefficient (Wildman–Crippen LogP) is 1.89. The Balaban J connectivity index is 1.82. The maximum absolute atomic E-state index is 12.4. The first kappa shape index (κ1) is 12.7. The SMILES string of the molecule is O=c1[nH]c(Cn2cncn2)nc2sc3c(c12)CCCCC3. The Labute approximate surface area is 124 Å². The Morgan fingerprint density at radius 1 is 1.29 bits per heavy atom. The number of aromatic nitrogens is 5. The number of hydrogen-bond donors (Lipinski definition) is 1. The molecule has 0 amide bonds. The number of aryl methyl sites for hydroxylation is 2. The number of hydrogen-bond acceptors (Lipinski definition) is 5. The zero-order valence-corrected chi connectivity index (χ0v) is 12.3. The largest absolute Gasteiger partial charge is 0.308 e. The first-order valence-electron chi connectivity index (χ1n) is 7.17. The van der Waals surface area contributed by atoms with Crippen molar-refractivity contribution < 1.29 is 0 Å². The molecule has 0 radical (unpaired) electrons. The fourth-order valence-corrected chi connectivity index (χ4v) is 4.21. The number of aromatic amines is 1. The Bertz CT molecular complexity index is 833. The molecule has 1 aliphatic carbocycles. The molecule has 0 atom stereocenters. The van der Waals surface area contributed by atoms with Crippen LogP contribution in [0.2, 0.25) is 0 Å². The lowest BCUT2D eigenvalue weighted by Gasteiger charge is -2.01. The van der Waals surface area contributed by atoms with Crippen LogP contribution >= 0.6 is 11.3 Å². The van der Waals surface area contributed by atoms with Crippen molar-refractivity contribution in [2.24, 2.45) is 0 Å². The van der Waals surface area contributed by atoms with Crippen LogP contribution in [0.25, 0.3) is 10.2 Å². The van der Waals surface area contributed by atoms with E-state index < -0.39 is 0 Å². The van der Waals surface area contributed by atoms with Gasteiger partial charge in [-0.25, -0.2) is 14.6 Å². The molecule has 0 bridgehead atoms. The molecule has 0 fully saturated rings. The molecule has 108 valence electrons. The summed E-state index contributed by atoms with van der Waals surface area (Å²) in [7, 11) is 0. The second kappa shape index (κ2) is 5.07. The van der Waals surface area contributed by atoms with E-state index in [9.17, 15) is 4.79 Å². The molecule has 0 unspecified atom stereocenters. The highest BCUT2D eigenvalue weighted by Gasteiger charge is 2.18. The molecule has 3 aromatic heterocycles. The summed E-state index contributed by atoms with van der Waals surface area (Å²) < 4.78 is 1.66. The number of thiophene rings is 1. The topological polar surface area (TPSA) is 76.5 Å². The highest BCUT2D eigenvalue weighted by atomic mass is 32.1. The molecule has 0 spiro atoms. The van der Waals surface area contributed by atoms with Crippen molar-refractivity contribution in [3.8, 4) is 0 Å². The normalized spacial score (nSPS) is 15.0. The number of fused-ring (bicyclic) bond motifs is 3. The van der Waals surface area contributed by atoms with E-state index in [1.54, 1.807) is 22.3 Å². The summed E-state index contributed by atoms with van der Waals surface area (Å²) in [5.41, 5.74) is 1.21. The van der Waals surface area contributed by atoms with Crippen molar-refractivity contribution in [1.29, 1.82) is 0 Å². The molecular formula is C14H15N5OS. The van der Waals surface area contributed by atoms with Crippen molar-refractivity contribution in [3.63, 3.8) is 0 Å². The summed E-state index contributed by atoms with van der Waals surface area (Å²) in [5.74, 6) is 0.634. The molecule has 3 heterocycles. The highest BCUT2D eigenvalue weighted by molar-refractivity contribution is 7.18. The van der Waals surface area contributed by atoms with Crippen LogP contribution in [0, 0.1) is 0 Å². The second-order valence-corrected chi connectivity index (χ2v) is 6.43. The van der Waals surface area contributed by atoms with Gasteiger partial charge in [0.25, 0.3) is 5.56 Å². The second-order valence-electron chi connectivity index (χ2n) is 5.35. The van der Waals surface area contributed by atoms with Crippen LogP contribution in [0.1, 0.15) is 35.5 Å². The molecule has 0 saturated carbocycles. The average Bonchev–Trinajstić information content (AvgIpc) is 3.02. The van der Waals surface area contributed by atoms with Gasteiger partial charge in [-0.15, -0.1) is 11.3 Å². The van der Waals surface area contributed by atoms with Gasteiger partial charge in [-0.3, -0.25) is 4.79 Å². The summed E-state index contributed by atoms with van der Waals surface area (Å²) in [4.78, 5) is 26.1. The van der Waals surface area contributed by atoms with E-state index in [1.165, 1.54) is 36.0 Å². The third kappa shape index (κ3) is 2.27. The molecule has 1 aliphatic rings. The molecule has 0 aliphatic heterocycles. The maximum atomic E-state index is 12.4. The number of rotatable bonds is 2. The average molecular weight is 301 g/mol. The first-order valence-corrected chi connectivity index (χ1v) is 7.99. The molecular weight excluding hydrogens is 286 g/mol. The minimum absolute atomic E-state index is 0.0190. The predicted molar refractivity (Wildman–Crippen MR) is 80.6 cm³/mol. The van der Waals surface area contributed by atoms with E-state index >= 15 is 0 Å². The zero-order valence-electron chi connectivity index (χ0n) is 11.5. The molecule has 1 N–H and O–H groups in total. The van der Waals surface area contributed by atoms with Crippen molar-refractivity contribution in [2.45, 2.75) is 38.6 Å². The Morgan fingerprint density at radius 3 is 3.05 bits per heavy atom. The molecule has 6 nitrogen and oxygen atoms in total. The minimum atomic E-state index is -0.0190. The van der Waals surface area contributed by atoms with E-state index in [4.69, 9.17) is 0 Å². The van der Waals surface area contributed by atoms with Gasteiger partial charge >= 0.3 is 0 Å². The Kier molecular flexibility index (Phi) is 3.07. The number of nitrogens with one attached hydrogen (secondary N) is 1. The van der Waals surface area contributed by atoms with Gasteiger partial charge in [-0.1, -0.05) is 6.42 Å². The summed E-state index contributed by atoms with van der Waals surface area (Å²) >= 11 is 1.68. The number of H-pyrrole nitrogens is 1. The molecule has 0 saturated heterocycles. The molecule has 0 aromatic carbocycles. The van der Waals surface area contributed by atoms with E-state index in [1.807, 2.05) is 0 Å². The molecule has 21 heavy (non-hydrogen) atoms. The van der Waals surface area contributed by atoms with Crippen LogP contribution < -0.4 is 5.56 Å². The van der Waals surface area contributed by atoms with Crippen molar-refractivity contribution in [1.82, 2.24) is 24.7 Å². The Hall–Kier alpha value is -2.02. The van der Waals surface area contributed by atoms with E-state index in [0.29, 0.717) is 12.4 Å². The first-order chi connectivity index (χ1) is 10.3. The van der Waals surface area contributed by atoms with Crippen LogP contribution in [0.4, 0.5) is 0 Å². The van der Waals surface area contributed by atoms with Gasteiger partial charge in [0.05, 0.1) is 5.39 Å². The number of nitrogens with zero attached hydrogens (tertiary/aromatic N) is 4. The van der Waals surface area contributed by atoms with Gasteiger partial charge in [0.1, 0.15) is 29.9 Å². The summed E-state index contributed by atoms with van der Waals surface area (Å²) in [6.45, 7) is 0.438. The monoisotopic (exact) mass is 301 g/mol. The van der Waals surface area contributed by atoms with Gasteiger partial charge < -0.3 is 4.98 Å². The van der Waals surface area contributed by atoms with Gasteiger partial charge in [-0.05, 0) is 31.2 Å². The van der Waals surface area contributed by atoms with E-state index in [2.05, 4.69) is 20.1 Å². The van der Waals surface area contributed by atoms with Crippen molar-refractivity contribution in [2.75, 3.05) is 0 Å². The third-order valence-corrected chi connectivity index (χ3v) is 5.09. The fourth-order valence-electron chi connectivity index (χ4n) is 2.93. The molecule has 4 rings (SSSR count). The summed E-state index contributed by atoms with van der Waals surface area (Å²) in [5, 5.41) is 4.85. The van der Waals surface area contributed by atoms with E-state index in [-0.39, 0.29) is 5.56 Å². The molecule has 3 aromatic rings. The smallest absolute Gasteiger partial charge is 0.259 e. The van der Waals surface area contributed by atoms with Crippen molar-refractivity contribution in [3.05, 3.63) is 39.3 Å². The van der Waals surface area contributed by atoms with Gasteiger partial charge in [0, 0.05) is 4.88 Å². The van der Waals surface area contributed by atoms with Crippen LogP contribution in [0.15, 0.2) is 17.4 Å². The van der Waals surface area contributed by atoms with Crippen LogP contribution in [0.3, 0.4) is 0 Å². The zero-order chi connectivity index (χ0) is 14.2. The lowest BCUT2D eigenvalue weighted by atomic mass is 10.1. The van der Waals surface area contributed by atoms with Gasteiger partial charge in [0.2, 0.25) is 0 Å². The Morgan fingerprint density at radius 2 is 2.19 bits per heavy atom. The standard InChI is InChI=1S/C14H15N5OS/c20-13-12-9-4-2-1-3-5-10(9)21-14(12)18-11(17-13)6-19-8-15-7-16-19/h7-8H,1-6H2,(H,17,18,20). The van der Waals surface area contributed by atoms with Crippen LogP contribution in [-0.2, 0) is 19.4 Å². The quantitative estimate of drug-likeness (QED) is 0.733. The van der Waals surface area contributed by atoms with Crippen LogP contribution in [-0.4, -0.2) is 24.7 Å².